The van der Waals surface area contributed by atoms with Crippen molar-refractivity contribution in [2.24, 2.45) is 0 Å². The maximum Gasteiger partial charge on any atom is 0.326 e. The number of nitrogens with zero attached hydrogens (tertiary/aromatic N) is 1. The molecule has 1 aromatic heterocycles. The Bertz CT molecular complexity index is 387. The third kappa shape index (κ3) is 2.80. The van der Waals surface area contributed by atoms with Crippen molar-refractivity contribution in [2.45, 2.75) is 19.4 Å². The van der Waals surface area contributed by atoms with E-state index >= 15 is 0 Å². The third-order valence-corrected chi connectivity index (χ3v) is 1.97. The molecule has 1 unspecified atom stereocenters. The molecule has 0 spiro atoms. The van der Waals surface area contributed by atoms with Gasteiger partial charge < -0.3 is 19.9 Å². The fourth-order valence-electron chi connectivity index (χ4n) is 1.13. The first-order valence-corrected chi connectivity index (χ1v) is 4.61. The summed E-state index contributed by atoms with van der Waals surface area (Å²) in [7, 11) is 0. The number of carboxylic acids is 1. The number of carbonyl (C=O) groups excluding carboxylic acids is 1. The van der Waals surface area contributed by atoms with Crippen molar-refractivity contribution >= 4 is 11.9 Å². The van der Waals surface area contributed by atoms with Gasteiger partial charge in [-0.05, 0) is 6.92 Å². The van der Waals surface area contributed by atoms with E-state index in [1.54, 1.807) is 6.92 Å². The summed E-state index contributed by atoms with van der Waals surface area (Å²) in [5.41, 5.74) is 0.380. The van der Waals surface area contributed by atoms with Crippen LogP contribution in [0, 0.1) is 6.92 Å². The number of aliphatic hydroxyl groups excluding tert-OH is 1. The normalized spacial score (nSPS) is 12.1. The van der Waals surface area contributed by atoms with Gasteiger partial charge in [0.1, 0.15) is 6.04 Å². The highest BCUT2D eigenvalue weighted by Gasteiger charge is 2.22. The number of amides is 1. The summed E-state index contributed by atoms with van der Waals surface area (Å²) in [6.07, 6.45) is 1.04. The Morgan fingerprint density at radius 1 is 1.62 bits per heavy atom. The summed E-state index contributed by atoms with van der Waals surface area (Å²) in [6, 6.07) is -1.14. The molecule has 1 rings (SSSR count). The van der Waals surface area contributed by atoms with E-state index in [0.29, 0.717) is 5.69 Å². The molecule has 7 nitrogen and oxygen atoms in total. The lowest BCUT2D eigenvalue weighted by atomic mass is 10.2. The molecule has 0 saturated heterocycles. The van der Waals surface area contributed by atoms with E-state index < -0.39 is 17.9 Å². The Morgan fingerprint density at radius 2 is 2.31 bits per heavy atom. The molecule has 0 saturated carbocycles. The van der Waals surface area contributed by atoms with Crippen LogP contribution < -0.4 is 5.32 Å². The topological polar surface area (TPSA) is 113 Å². The van der Waals surface area contributed by atoms with E-state index in [1.165, 1.54) is 0 Å². The summed E-state index contributed by atoms with van der Waals surface area (Å²) in [5.74, 6) is -1.89. The zero-order chi connectivity index (χ0) is 12.1. The lowest BCUT2D eigenvalue weighted by Crippen LogP contribution is -2.41. The van der Waals surface area contributed by atoms with Gasteiger partial charge in [0.25, 0.3) is 5.91 Å². The summed E-state index contributed by atoms with van der Waals surface area (Å²) in [4.78, 5) is 25.9. The number of aliphatic carboxylic acids is 1. The van der Waals surface area contributed by atoms with Crippen molar-refractivity contribution in [3.8, 4) is 0 Å². The van der Waals surface area contributed by atoms with Crippen molar-refractivity contribution in [2.75, 3.05) is 6.61 Å². The summed E-state index contributed by atoms with van der Waals surface area (Å²) < 4.78 is 4.81. The van der Waals surface area contributed by atoms with E-state index in [2.05, 4.69) is 10.3 Å². The number of oxazole rings is 1. The Labute approximate surface area is 91.1 Å². The van der Waals surface area contributed by atoms with Gasteiger partial charge in [0.2, 0.25) is 5.76 Å². The molecular formula is C9H12N2O5. The van der Waals surface area contributed by atoms with E-state index in [-0.39, 0.29) is 18.8 Å². The Balaban J connectivity index is 2.69. The van der Waals surface area contributed by atoms with Crippen LogP contribution in [-0.2, 0) is 4.79 Å². The molecule has 3 N–H and O–H groups in total. The fraction of sp³-hybridized carbons (Fsp3) is 0.444. The molecule has 0 bridgehead atoms. The highest BCUT2D eigenvalue weighted by Crippen LogP contribution is 2.05. The fourth-order valence-corrected chi connectivity index (χ4v) is 1.13. The van der Waals surface area contributed by atoms with E-state index in [9.17, 15) is 9.59 Å². The second kappa shape index (κ2) is 5.26. The van der Waals surface area contributed by atoms with Crippen molar-refractivity contribution in [1.29, 1.82) is 0 Å². The van der Waals surface area contributed by atoms with Gasteiger partial charge in [-0.15, -0.1) is 0 Å². The summed E-state index contributed by atoms with van der Waals surface area (Å²) in [6.45, 7) is 1.24. The maximum atomic E-state index is 11.5. The minimum absolute atomic E-state index is 0.0239. The average Bonchev–Trinajstić information content (AvgIpc) is 2.63. The Kier molecular flexibility index (Phi) is 4.01. The smallest absolute Gasteiger partial charge is 0.326 e. The predicted molar refractivity (Wildman–Crippen MR) is 51.8 cm³/mol. The van der Waals surface area contributed by atoms with Crippen LogP contribution in [0.3, 0.4) is 0 Å². The number of aromatic nitrogens is 1. The van der Waals surface area contributed by atoms with Gasteiger partial charge in [-0.3, -0.25) is 4.79 Å². The minimum Gasteiger partial charge on any atom is -0.480 e. The maximum absolute atomic E-state index is 11.5. The van der Waals surface area contributed by atoms with E-state index in [0.717, 1.165) is 6.39 Å². The lowest BCUT2D eigenvalue weighted by molar-refractivity contribution is -0.139. The first-order chi connectivity index (χ1) is 7.56. The van der Waals surface area contributed by atoms with Gasteiger partial charge in [0, 0.05) is 13.0 Å². The Hall–Kier alpha value is -1.89. The molecule has 0 aliphatic heterocycles. The number of rotatable bonds is 5. The van der Waals surface area contributed by atoms with Crippen molar-refractivity contribution < 1.29 is 24.2 Å². The van der Waals surface area contributed by atoms with Crippen LogP contribution in [0.4, 0.5) is 0 Å². The second-order valence-electron chi connectivity index (χ2n) is 3.14. The molecule has 0 radical (unpaired) electrons. The van der Waals surface area contributed by atoms with Gasteiger partial charge in [0.15, 0.2) is 6.39 Å². The summed E-state index contributed by atoms with van der Waals surface area (Å²) in [5, 5.41) is 19.6. The number of carboxylic acid groups (broad SMARTS) is 1. The minimum atomic E-state index is -1.21. The first-order valence-electron chi connectivity index (χ1n) is 4.61. The molecule has 88 valence electrons. The quantitative estimate of drug-likeness (QED) is 0.629. The molecule has 7 heteroatoms. The largest absolute Gasteiger partial charge is 0.480 e. The highest BCUT2D eigenvalue weighted by atomic mass is 16.4. The van der Waals surface area contributed by atoms with Gasteiger partial charge in [-0.1, -0.05) is 0 Å². The monoisotopic (exact) mass is 228 g/mol. The molecule has 0 aliphatic rings. The molecule has 16 heavy (non-hydrogen) atoms. The van der Waals surface area contributed by atoms with Gasteiger partial charge >= 0.3 is 5.97 Å². The van der Waals surface area contributed by atoms with Gasteiger partial charge in [0.05, 0.1) is 5.69 Å². The molecule has 1 amide bonds. The number of nitrogens with one attached hydrogen (secondary N) is 1. The number of aryl methyl sites for hydroxylation is 1. The zero-order valence-electron chi connectivity index (χ0n) is 8.64. The average molecular weight is 228 g/mol. The van der Waals surface area contributed by atoms with Crippen molar-refractivity contribution in [3.05, 3.63) is 17.8 Å². The van der Waals surface area contributed by atoms with E-state index in [4.69, 9.17) is 14.6 Å². The second-order valence-corrected chi connectivity index (χ2v) is 3.14. The standard InChI is InChI=1S/C9H12N2O5/c1-5-7(16-4-10-5)8(13)11-6(2-3-12)9(14)15/h4,6,12H,2-3H2,1H3,(H,11,13)(H,14,15). The van der Waals surface area contributed by atoms with Crippen LogP contribution >= 0.6 is 0 Å². The van der Waals surface area contributed by atoms with Gasteiger partial charge in [-0.2, -0.15) is 0 Å². The van der Waals surface area contributed by atoms with E-state index in [1.807, 2.05) is 0 Å². The highest BCUT2D eigenvalue weighted by molar-refractivity contribution is 5.94. The molecule has 1 atom stereocenters. The molecule has 1 heterocycles. The van der Waals surface area contributed by atoms with Crippen molar-refractivity contribution in [1.82, 2.24) is 10.3 Å². The zero-order valence-corrected chi connectivity index (χ0v) is 8.64. The lowest BCUT2D eigenvalue weighted by Gasteiger charge is -2.11. The summed E-state index contributed by atoms with van der Waals surface area (Å²) >= 11 is 0. The first kappa shape index (κ1) is 12.2. The number of aliphatic hydroxyl groups is 1. The van der Waals surface area contributed by atoms with Crippen LogP contribution in [0.2, 0.25) is 0 Å². The molecule has 0 aliphatic carbocycles. The van der Waals surface area contributed by atoms with Crippen LogP contribution in [0.25, 0.3) is 0 Å². The Morgan fingerprint density at radius 3 is 2.75 bits per heavy atom. The molecule has 0 aromatic carbocycles. The number of hydrogen-bond acceptors (Lipinski definition) is 5. The SMILES string of the molecule is Cc1ncoc1C(=O)NC(CCO)C(=O)O. The third-order valence-electron chi connectivity index (χ3n) is 1.97. The number of hydrogen-bond donors (Lipinski definition) is 3. The van der Waals surface area contributed by atoms with Crippen LogP contribution in [-0.4, -0.2) is 39.7 Å². The molecule has 1 aromatic rings. The van der Waals surface area contributed by atoms with Gasteiger partial charge in [-0.25, -0.2) is 9.78 Å². The predicted octanol–water partition coefficient (Wildman–Crippen LogP) is -0.452. The van der Waals surface area contributed by atoms with Crippen LogP contribution in [0.1, 0.15) is 22.7 Å². The number of carbonyl (C=O) groups is 2. The van der Waals surface area contributed by atoms with Crippen LogP contribution in [0.15, 0.2) is 10.8 Å². The molecular weight excluding hydrogens is 216 g/mol. The molecule has 0 fully saturated rings. The van der Waals surface area contributed by atoms with Crippen LogP contribution in [0.5, 0.6) is 0 Å². The van der Waals surface area contributed by atoms with Crippen molar-refractivity contribution in [3.63, 3.8) is 0 Å².